The van der Waals surface area contributed by atoms with Crippen LogP contribution in [0, 0.1) is 0 Å². The normalized spacial score (nSPS) is 33.9. The number of hydrogen-bond donors (Lipinski definition) is 0. The van der Waals surface area contributed by atoms with Crippen LogP contribution in [-0.4, -0.2) is 46.5 Å². The molecule has 3 heterocycles. The van der Waals surface area contributed by atoms with Crippen LogP contribution in [0.4, 0.5) is 0 Å². The van der Waals surface area contributed by atoms with Gasteiger partial charge in [-0.1, -0.05) is 0 Å². The van der Waals surface area contributed by atoms with Gasteiger partial charge in [-0.2, -0.15) is 5.10 Å². The molecule has 0 spiro atoms. The molecule has 0 bridgehead atoms. The minimum absolute atomic E-state index is 0.157. The van der Waals surface area contributed by atoms with Crippen molar-refractivity contribution in [3.8, 4) is 0 Å². The van der Waals surface area contributed by atoms with Gasteiger partial charge in [0.1, 0.15) is 31.0 Å². The molecule has 2 aliphatic rings. The number of carbonyl (C=O) groups excluding carboxylic acids is 1. The zero-order chi connectivity index (χ0) is 15.2. The summed E-state index contributed by atoms with van der Waals surface area (Å²) in [5, 5.41) is 4.17. The predicted molar refractivity (Wildman–Crippen MR) is 71.3 cm³/mol. The average molecular weight is 296 g/mol. The summed E-state index contributed by atoms with van der Waals surface area (Å²) in [5.74, 6) is -1.01. The lowest BCUT2D eigenvalue weighted by atomic mass is 10.1. The zero-order valence-corrected chi connectivity index (χ0v) is 12.6. The second kappa shape index (κ2) is 5.08. The Kier molecular flexibility index (Phi) is 3.51. The molecular weight excluding hydrogens is 276 g/mol. The first-order chi connectivity index (χ1) is 9.87. The van der Waals surface area contributed by atoms with E-state index in [1.807, 2.05) is 27.0 Å². The Morgan fingerprint density at radius 1 is 1.43 bits per heavy atom. The summed E-state index contributed by atoms with van der Waals surface area (Å²) >= 11 is 0. The van der Waals surface area contributed by atoms with Gasteiger partial charge in [0, 0.05) is 20.2 Å². The number of esters is 1. The highest BCUT2D eigenvalue weighted by molar-refractivity contribution is 5.65. The highest BCUT2D eigenvalue weighted by atomic mass is 16.8. The van der Waals surface area contributed by atoms with Gasteiger partial charge in [-0.3, -0.25) is 9.48 Å². The first-order valence-corrected chi connectivity index (χ1v) is 7.00. The SMILES string of the molecule is CC(=O)OCC1OC(c2ccnn2C)[C@@H]2OC(C)(C)O[C@H]12. The zero-order valence-electron chi connectivity index (χ0n) is 12.6. The number of aromatic nitrogens is 2. The molecule has 0 aliphatic carbocycles. The number of nitrogens with zero attached hydrogens (tertiary/aromatic N) is 2. The monoisotopic (exact) mass is 296 g/mol. The van der Waals surface area contributed by atoms with E-state index in [1.54, 1.807) is 10.9 Å². The van der Waals surface area contributed by atoms with Crippen molar-refractivity contribution in [3.05, 3.63) is 18.0 Å². The molecule has 0 saturated carbocycles. The van der Waals surface area contributed by atoms with Crippen LogP contribution in [-0.2, 0) is 30.8 Å². The van der Waals surface area contributed by atoms with E-state index in [1.165, 1.54) is 6.92 Å². The molecule has 4 atom stereocenters. The molecule has 2 fully saturated rings. The van der Waals surface area contributed by atoms with Gasteiger partial charge in [-0.05, 0) is 19.9 Å². The van der Waals surface area contributed by atoms with E-state index in [0.29, 0.717) is 0 Å². The Balaban J connectivity index is 1.83. The molecule has 1 aromatic heterocycles. The number of ether oxygens (including phenoxy) is 4. The molecule has 2 saturated heterocycles. The molecule has 0 aromatic carbocycles. The summed E-state index contributed by atoms with van der Waals surface area (Å²) in [6.07, 6.45) is 0.578. The lowest BCUT2D eigenvalue weighted by molar-refractivity contribution is -0.194. The maximum Gasteiger partial charge on any atom is 0.302 e. The van der Waals surface area contributed by atoms with Gasteiger partial charge < -0.3 is 18.9 Å². The third-order valence-corrected chi connectivity index (χ3v) is 3.75. The van der Waals surface area contributed by atoms with Gasteiger partial charge in [0.15, 0.2) is 5.79 Å². The van der Waals surface area contributed by atoms with Gasteiger partial charge in [0.2, 0.25) is 0 Å². The standard InChI is InChI=1S/C14H20N2O5/c1-8(17)18-7-10-12-13(21-14(2,3)20-12)11(19-10)9-5-6-15-16(9)4/h5-6,10-13H,7H2,1-4H3/t10?,11?,12-,13+/m1/s1. The second-order valence-corrected chi connectivity index (χ2v) is 5.84. The first kappa shape index (κ1) is 14.5. The van der Waals surface area contributed by atoms with Crippen LogP contribution in [0.2, 0.25) is 0 Å². The number of fused-ring (bicyclic) bond motifs is 1. The van der Waals surface area contributed by atoms with Crippen molar-refractivity contribution < 1.29 is 23.7 Å². The van der Waals surface area contributed by atoms with Crippen LogP contribution < -0.4 is 0 Å². The molecule has 2 aliphatic heterocycles. The van der Waals surface area contributed by atoms with Crippen molar-refractivity contribution in [1.82, 2.24) is 9.78 Å². The molecule has 116 valence electrons. The molecule has 0 radical (unpaired) electrons. The average Bonchev–Trinajstić information content (AvgIpc) is 3.00. The number of hydrogen-bond acceptors (Lipinski definition) is 6. The minimum Gasteiger partial charge on any atom is -0.463 e. The fourth-order valence-corrected chi connectivity index (χ4v) is 2.92. The van der Waals surface area contributed by atoms with Crippen LogP contribution in [0.15, 0.2) is 12.3 Å². The maximum atomic E-state index is 11.0. The number of rotatable bonds is 3. The van der Waals surface area contributed by atoms with Gasteiger partial charge in [0.25, 0.3) is 0 Å². The Labute approximate surface area is 123 Å². The molecule has 7 nitrogen and oxygen atoms in total. The van der Waals surface area contributed by atoms with Crippen molar-refractivity contribution in [2.75, 3.05) is 6.61 Å². The quantitative estimate of drug-likeness (QED) is 0.773. The Morgan fingerprint density at radius 3 is 2.76 bits per heavy atom. The largest absolute Gasteiger partial charge is 0.463 e. The third-order valence-electron chi connectivity index (χ3n) is 3.75. The maximum absolute atomic E-state index is 11.0. The van der Waals surface area contributed by atoms with E-state index in [4.69, 9.17) is 18.9 Å². The lowest BCUT2D eigenvalue weighted by Crippen LogP contribution is -2.33. The summed E-state index contributed by atoms with van der Waals surface area (Å²) in [4.78, 5) is 11.0. The molecule has 0 N–H and O–H groups in total. The fraction of sp³-hybridized carbons (Fsp3) is 0.714. The van der Waals surface area contributed by atoms with E-state index in [9.17, 15) is 4.79 Å². The van der Waals surface area contributed by atoms with Crippen LogP contribution >= 0.6 is 0 Å². The fourth-order valence-electron chi connectivity index (χ4n) is 2.92. The van der Waals surface area contributed by atoms with E-state index >= 15 is 0 Å². The molecule has 0 amide bonds. The van der Waals surface area contributed by atoms with Crippen molar-refractivity contribution in [1.29, 1.82) is 0 Å². The van der Waals surface area contributed by atoms with Crippen LogP contribution in [0.1, 0.15) is 32.6 Å². The van der Waals surface area contributed by atoms with Gasteiger partial charge >= 0.3 is 5.97 Å². The van der Waals surface area contributed by atoms with Crippen molar-refractivity contribution in [2.45, 2.75) is 51.0 Å². The summed E-state index contributed by atoms with van der Waals surface area (Å²) < 4.78 is 24.7. The first-order valence-electron chi connectivity index (χ1n) is 7.00. The lowest BCUT2D eigenvalue weighted by Gasteiger charge is -2.24. The highest BCUT2D eigenvalue weighted by Gasteiger charge is 2.56. The van der Waals surface area contributed by atoms with E-state index in [-0.39, 0.29) is 37.0 Å². The summed E-state index contributed by atoms with van der Waals surface area (Å²) in [6.45, 7) is 5.27. The Bertz CT molecular complexity index is 541. The Hall–Kier alpha value is -1.44. The Morgan fingerprint density at radius 2 is 2.14 bits per heavy atom. The minimum atomic E-state index is -0.676. The van der Waals surface area contributed by atoms with E-state index < -0.39 is 5.79 Å². The highest BCUT2D eigenvalue weighted by Crippen LogP contribution is 2.44. The van der Waals surface area contributed by atoms with Gasteiger partial charge in [-0.25, -0.2) is 0 Å². The van der Waals surface area contributed by atoms with Crippen molar-refractivity contribution in [3.63, 3.8) is 0 Å². The summed E-state index contributed by atoms with van der Waals surface area (Å²) in [6, 6.07) is 1.89. The summed E-state index contributed by atoms with van der Waals surface area (Å²) in [7, 11) is 1.86. The van der Waals surface area contributed by atoms with Crippen molar-refractivity contribution >= 4 is 5.97 Å². The summed E-state index contributed by atoms with van der Waals surface area (Å²) in [5.41, 5.74) is 0.914. The van der Waals surface area contributed by atoms with Crippen LogP contribution in [0.3, 0.4) is 0 Å². The van der Waals surface area contributed by atoms with E-state index in [0.717, 1.165) is 5.69 Å². The van der Waals surface area contributed by atoms with Crippen LogP contribution in [0.5, 0.6) is 0 Å². The molecule has 2 unspecified atom stereocenters. The second-order valence-electron chi connectivity index (χ2n) is 5.84. The van der Waals surface area contributed by atoms with E-state index in [2.05, 4.69) is 5.10 Å². The predicted octanol–water partition coefficient (Wildman–Crippen LogP) is 0.943. The number of carbonyl (C=O) groups is 1. The molecule has 1 aromatic rings. The van der Waals surface area contributed by atoms with Crippen LogP contribution in [0.25, 0.3) is 0 Å². The topological polar surface area (TPSA) is 71.8 Å². The number of aryl methyl sites for hydroxylation is 1. The van der Waals surface area contributed by atoms with Gasteiger partial charge in [0.05, 0.1) is 5.69 Å². The smallest absolute Gasteiger partial charge is 0.302 e. The molecule has 3 rings (SSSR count). The molecular formula is C14H20N2O5. The molecule has 21 heavy (non-hydrogen) atoms. The third kappa shape index (κ3) is 2.68. The molecule has 7 heteroatoms. The van der Waals surface area contributed by atoms with Gasteiger partial charge in [-0.15, -0.1) is 0 Å². The van der Waals surface area contributed by atoms with Crippen molar-refractivity contribution in [2.24, 2.45) is 7.05 Å².